The maximum atomic E-state index is 6.33. The molecule has 0 aliphatic carbocycles. The van der Waals surface area contributed by atoms with Crippen molar-refractivity contribution in [3.63, 3.8) is 0 Å². The van der Waals surface area contributed by atoms with Crippen molar-refractivity contribution in [2.45, 2.75) is 0 Å². The Bertz CT molecular complexity index is 753. The van der Waals surface area contributed by atoms with Crippen molar-refractivity contribution >= 4 is 22.6 Å². The third kappa shape index (κ3) is 1.89. The molecule has 0 radical (unpaired) electrons. The third-order valence-electron chi connectivity index (χ3n) is 3.09. The fraction of sp³-hybridized carbons (Fsp3) is 0.133. The van der Waals surface area contributed by atoms with Gasteiger partial charge in [-0.25, -0.2) is 0 Å². The van der Waals surface area contributed by atoms with E-state index in [4.69, 9.17) is 25.6 Å². The van der Waals surface area contributed by atoms with Gasteiger partial charge in [0.15, 0.2) is 5.75 Å². The third-order valence-corrected chi connectivity index (χ3v) is 3.39. The zero-order valence-corrected chi connectivity index (χ0v) is 11.8. The van der Waals surface area contributed by atoms with Gasteiger partial charge in [0, 0.05) is 11.6 Å². The smallest absolute Gasteiger partial charge is 0.214 e. The van der Waals surface area contributed by atoms with Gasteiger partial charge in [0.1, 0.15) is 5.69 Å². The van der Waals surface area contributed by atoms with Crippen molar-refractivity contribution in [2.75, 3.05) is 14.2 Å². The van der Waals surface area contributed by atoms with E-state index in [9.17, 15) is 0 Å². The molecule has 0 spiro atoms. The van der Waals surface area contributed by atoms with Crippen molar-refractivity contribution in [3.05, 3.63) is 41.4 Å². The first-order valence-corrected chi connectivity index (χ1v) is 6.39. The molecule has 3 rings (SSSR count). The second-order valence-corrected chi connectivity index (χ2v) is 4.60. The molecule has 0 bridgehead atoms. The van der Waals surface area contributed by atoms with E-state index < -0.39 is 0 Å². The maximum Gasteiger partial charge on any atom is 0.214 e. The molecule has 3 aromatic rings. The van der Waals surface area contributed by atoms with Crippen LogP contribution in [-0.2, 0) is 0 Å². The summed E-state index contributed by atoms with van der Waals surface area (Å²) in [5.41, 5.74) is 2.10. The first kappa shape index (κ1) is 12.8. The Morgan fingerprint density at radius 1 is 1.10 bits per heavy atom. The number of halogens is 1. The van der Waals surface area contributed by atoms with Crippen LogP contribution in [0.3, 0.4) is 0 Å². The fourth-order valence-corrected chi connectivity index (χ4v) is 2.44. The number of ether oxygens (including phenoxy) is 2. The molecular formula is C15H12ClNO3. The number of methoxy groups -OCH3 is 2. The van der Waals surface area contributed by atoms with Crippen LogP contribution < -0.4 is 9.47 Å². The molecule has 0 atom stereocenters. The molecule has 2 aromatic carbocycles. The molecule has 0 saturated heterocycles. The molecule has 5 heteroatoms. The van der Waals surface area contributed by atoms with Gasteiger partial charge in [-0.3, -0.25) is 0 Å². The maximum absolute atomic E-state index is 6.33. The lowest BCUT2D eigenvalue weighted by atomic mass is 10.1. The van der Waals surface area contributed by atoms with Crippen LogP contribution in [0.4, 0.5) is 0 Å². The predicted octanol–water partition coefficient (Wildman–Crippen LogP) is 4.17. The highest BCUT2D eigenvalue weighted by atomic mass is 35.5. The first-order valence-electron chi connectivity index (χ1n) is 6.01. The van der Waals surface area contributed by atoms with E-state index in [-0.39, 0.29) is 0 Å². The molecule has 1 heterocycles. The average molecular weight is 290 g/mol. The van der Waals surface area contributed by atoms with E-state index in [1.807, 2.05) is 30.3 Å². The van der Waals surface area contributed by atoms with Crippen LogP contribution in [0, 0.1) is 0 Å². The van der Waals surface area contributed by atoms with Crippen LogP contribution in [0.15, 0.2) is 40.9 Å². The molecule has 1 aromatic heterocycles. The highest BCUT2D eigenvalue weighted by molar-refractivity contribution is 6.36. The lowest BCUT2D eigenvalue weighted by Gasteiger charge is -2.08. The summed E-state index contributed by atoms with van der Waals surface area (Å²) in [6.45, 7) is 0. The van der Waals surface area contributed by atoms with Gasteiger partial charge in [-0.2, -0.15) is 0 Å². The minimum atomic E-state index is 0.482. The molecular weight excluding hydrogens is 278 g/mol. The Morgan fingerprint density at radius 3 is 2.50 bits per heavy atom. The van der Waals surface area contributed by atoms with Gasteiger partial charge in [0.05, 0.1) is 24.6 Å². The Morgan fingerprint density at radius 2 is 1.85 bits per heavy atom. The summed E-state index contributed by atoms with van der Waals surface area (Å²) in [7, 11) is 3.10. The lowest BCUT2D eigenvalue weighted by molar-refractivity contribution is 0.348. The van der Waals surface area contributed by atoms with Gasteiger partial charge >= 0.3 is 0 Å². The summed E-state index contributed by atoms with van der Waals surface area (Å²) in [6, 6.07) is 11.4. The van der Waals surface area contributed by atoms with Gasteiger partial charge in [0.2, 0.25) is 11.3 Å². The summed E-state index contributed by atoms with van der Waals surface area (Å²) in [4.78, 5) is 0. The summed E-state index contributed by atoms with van der Waals surface area (Å²) < 4.78 is 16.0. The predicted molar refractivity (Wildman–Crippen MR) is 77.6 cm³/mol. The van der Waals surface area contributed by atoms with Crippen LogP contribution in [0.2, 0.25) is 5.02 Å². The Kier molecular flexibility index (Phi) is 3.24. The molecule has 4 nitrogen and oxygen atoms in total. The van der Waals surface area contributed by atoms with E-state index in [1.54, 1.807) is 20.3 Å². The van der Waals surface area contributed by atoms with Crippen LogP contribution in [-0.4, -0.2) is 19.4 Å². The second kappa shape index (κ2) is 5.06. The summed E-state index contributed by atoms with van der Waals surface area (Å²) in [5.74, 6) is 1.00. The zero-order chi connectivity index (χ0) is 14.1. The van der Waals surface area contributed by atoms with E-state index in [1.165, 1.54) is 0 Å². The van der Waals surface area contributed by atoms with Crippen molar-refractivity contribution < 1.29 is 14.0 Å². The topological polar surface area (TPSA) is 44.5 Å². The van der Waals surface area contributed by atoms with Gasteiger partial charge in [-0.05, 0) is 0 Å². The van der Waals surface area contributed by atoms with E-state index in [0.717, 1.165) is 10.9 Å². The van der Waals surface area contributed by atoms with E-state index >= 15 is 0 Å². The van der Waals surface area contributed by atoms with Crippen molar-refractivity contribution in [1.82, 2.24) is 5.16 Å². The van der Waals surface area contributed by atoms with Crippen molar-refractivity contribution in [2.24, 2.45) is 0 Å². The normalized spacial score (nSPS) is 10.8. The molecule has 0 N–H and O–H groups in total. The van der Waals surface area contributed by atoms with Gasteiger partial charge < -0.3 is 14.0 Å². The van der Waals surface area contributed by atoms with Crippen molar-refractivity contribution in [3.8, 4) is 22.8 Å². The monoisotopic (exact) mass is 289 g/mol. The van der Waals surface area contributed by atoms with E-state index in [0.29, 0.717) is 27.8 Å². The number of hydrogen-bond donors (Lipinski definition) is 0. The SMILES string of the molecule is COc1cc(Cl)c2c(-c3ccccc3)noc2c1OC. The largest absolute Gasteiger partial charge is 0.493 e. The van der Waals surface area contributed by atoms with Gasteiger partial charge in [-0.15, -0.1) is 0 Å². The average Bonchev–Trinajstić information content (AvgIpc) is 2.93. The first-order chi connectivity index (χ1) is 9.76. The minimum absolute atomic E-state index is 0.482. The summed E-state index contributed by atoms with van der Waals surface area (Å²) in [5, 5.41) is 5.35. The number of fused-ring (bicyclic) bond motifs is 1. The molecule has 20 heavy (non-hydrogen) atoms. The number of benzene rings is 2. The molecule has 0 unspecified atom stereocenters. The van der Waals surface area contributed by atoms with Crippen LogP contribution in [0.25, 0.3) is 22.2 Å². The fourth-order valence-electron chi connectivity index (χ4n) is 2.17. The minimum Gasteiger partial charge on any atom is -0.493 e. The molecule has 0 fully saturated rings. The van der Waals surface area contributed by atoms with Gasteiger partial charge in [-0.1, -0.05) is 47.1 Å². The van der Waals surface area contributed by atoms with E-state index in [2.05, 4.69) is 5.16 Å². The summed E-state index contributed by atoms with van der Waals surface area (Å²) >= 11 is 6.33. The number of nitrogens with zero attached hydrogens (tertiary/aromatic N) is 1. The Hall–Kier alpha value is -2.20. The van der Waals surface area contributed by atoms with Crippen molar-refractivity contribution in [1.29, 1.82) is 0 Å². The van der Waals surface area contributed by atoms with Crippen LogP contribution in [0.1, 0.15) is 0 Å². The summed E-state index contributed by atoms with van der Waals surface area (Å²) in [6.07, 6.45) is 0. The van der Waals surface area contributed by atoms with Crippen LogP contribution >= 0.6 is 11.6 Å². The highest BCUT2D eigenvalue weighted by Gasteiger charge is 2.21. The molecule has 0 saturated carbocycles. The highest BCUT2D eigenvalue weighted by Crippen LogP contribution is 2.43. The number of aromatic nitrogens is 1. The zero-order valence-electron chi connectivity index (χ0n) is 11.0. The molecule has 0 amide bonds. The molecule has 0 aliphatic rings. The molecule has 0 aliphatic heterocycles. The Labute approximate surface area is 120 Å². The van der Waals surface area contributed by atoms with Crippen LogP contribution in [0.5, 0.6) is 11.5 Å². The quantitative estimate of drug-likeness (QED) is 0.726. The van der Waals surface area contributed by atoms with Gasteiger partial charge in [0.25, 0.3) is 0 Å². The second-order valence-electron chi connectivity index (χ2n) is 4.20. The standard InChI is InChI=1S/C15H12ClNO3/c1-18-11-8-10(16)12-13(9-6-4-3-5-7-9)17-20-15(12)14(11)19-2/h3-8H,1-2H3. The number of hydrogen-bond acceptors (Lipinski definition) is 4. The lowest BCUT2D eigenvalue weighted by Crippen LogP contribution is -1.91. The number of rotatable bonds is 3. The molecule has 102 valence electrons. The Balaban J connectivity index is 2.33.